The Morgan fingerprint density at radius 1 is 1.40 bits per heavy atom. The summed E-state index contributed by atoms with van der Waals surface area (Å²) in [5.74, 6) is 0.602. The molecular formula is C8H20N2. The molecule has 0 aromatic carbocycles. The van der Waals surface area contributed by atoms with Crippen LogP contribution in [0.15, 0.2) is 0 Å². The first-order valence-electron chi connectivity index (χ1n) is 4.19. The van der Waals surface area contributed by atoms with Crippen LogP contribution in [0.25, 0.3) is 0 Å². The Kier molecular flexibility index (Phi) is 5.64. The van der Waals surface area contributed by atoms with Crippen LogP contribution in [0.1, 0.15) is 27.2 Å². The van der Waals surface area contributed by atoms with Gasteiger partial charge < -0.3 is 11.1 Å². The second kappa shape index (κ2) is 5.69. The molecule has 0 bridgehead atoms. The molecule has 0 saturated carbocycles. The van der Waals surface area contributed by atoms with Crippen LogP contribution in [0.5, 0.6) is 0 Å². The maximum Gasteiger partial charge on any atom is 0.0102 e. The van der Waals surface area contributed by atoms with Crippen molar-refractivity contribution in [2.24, 2.45) is 11.7 Å². The Bertz CT molecular complexity index is 73.7. The van der Waals surface area contributed by atoms with Gasteiger partial charge in [0.25, 0.3) is 0 Å². The third kappa shape index (κ3) is 3.18. The summed E-state index contributed by atoms with van der Waals surface area (Å²) >= 11 is 0. The molecule has 2 heteroatoms. The topological polar surface area (TPSA) is 38.0 Å². The molecule has 2 atom stereocenters. The summed E-state index contributed by atoms with van der Waals surface area (Å²) in [6, 6.07) is 0.606. The molecule has 0 aliphatic rings. The minimum Gasteiger partial charge on any atom is -0.330 e. The minimum atomic E-state index is 0.602. The lowest BCUT2D eigenvalue weighted by Gasteiger charge is -2.21. The normalized spacial score (nSPS) is 16.8. The van der Waals surface area contributed by atoms with Crippen molar-refractivity contribution in [1.82, 2.24) is 5.32 Å². The summed E-state index contributed by atoms with van der Waals surface area (Å²) in [7, 11) is 0. The van der Waals surface area contributed by atoms with Crippen molar-refractivity contribution in [2.45, 2.75) is 33.2 Å². The molecule has 3 N–H and O–H groups in total. The molecule has 0 amide bonds. The quantitative estimate of drug-likeness (QED) is 0.603. The molecule has 0 aliphatic carbocycles. The molecule has 0 aromatic rings. The van der Waals surface area contributed by atoms with Crippen LogP contribution in [0, 0.1) is 5.92 Å². The second-order valence-corrected chi connectivity index (χ2v) is 2.79. The van der Waals surface area contributed by atoms with Crippen LogP contribution in [0.3, 0.4) is 0 Å². The van der Waals surface area contributed by atoms with Crippen molar-refractivity contribution in [3.05, 3.63) is 0 Å². The molecule has 0 fully saturated rings. The first kappa shape index (κ1) is 9.92. The van der Waals surface area contributed by atoms with E-state index in [-0.39, 0.29) is 0 Å². The first-order valence-corrected chi connectivity index (χ1v) is 4.19. The number of rotatable bonds is 5. The van der Waals surface area contributed by atoms with Crippen LogP contribution in [-0.4, -0.2) is 19.1 Å². The average molecular weight is 144 g/mol. The van der Waals surface area contributed by atoms with E-state index in [0.29, 0.717) is 12.0 Å². The Hall–Kier alpha value is -0.0800. The van der Waals surface area contributed by atoms with E-state index in [1.165, 1.54) is 6.42 Å². The van der Waals surface area contributed by atoms with Crippen molar-refractivity contribution in [3.63, 3.8) is 0 Å². The van der Waals surface area contributed by atoms with E-state index >= 15 is 0 Å². The highest BCUT2D eigenvalue weighted by molar-refractivity contribution is 4.71. The zero-order valence-corrected chi connectivity index (χ0v) is 7.35. The molecular weight excluding hydrogens is 124 g/mol. The summed E-state index contributed by atoms with van der Waals surface area (Å²) in [6.45, 7) is 8.34. The molecule has 0 radical (unpaired) electrons. The fraction of sp³-hybridized carbons (Fsp3) is 1.00. The van der Waals surface area contributed by atoms with Crippen molar-refractivity contribution >= 4 is 0 Å². The summed E-state index contributed by atoms with van der Waals surface area (Å²) in [6.07, 6.45) is 1.17. The van der Waals surface area contributed by atoms with E-state index in [0.717, 1.165) is 13.1 Å². The van der Waals surface area contributed by atoms with Gasteiger partial charge in [0, 0.05) is 6.04 Å². The van der Waals surface area contributed by atoms with Crippen molar-refractivity contribution in [3.8, 4) is 0 Å². The van der Waals surface area contributed by atoms with Crippen molar-refractivity contribution in [2.75, 3.05) is 13.1 Å². The Morgan fingerprint density at radius 3 is 2.30 bits per heavy atom. The molecule has 2 nitrogen and oxygen atoms in total. The van der Waals surface area contributed by atoms with Crippen molar-refractivity contribution in [1.29, 1.82) is 0 Å². The van der Waals surface area contributed by atoms with Crippen LogP contribution in [0.2, 0.25) is 0 Å². The van der Waals surface area contributed by atoms with Gasteiger partial charge in [0.1, 0.15) is 0 Å². The zero-order chi connectivity index (χ0) is 7.98. The number of nitrogens with two attached hydrogens (primary N) is 1. The van der Waals surface area contributed by atoms with Crippen LogP contribution in [0.4, 0.5) is 0 Å². The molecule has 62 valence electrons. The first-order chi connectivity index (χ1) is 4.76. The lowest BCUT2D eigenvalue weighted by atomic mass is 10.00. The highest BCUT2D eigenvalue weighted by Crippen LogP contribution is 2.03. The molecule has 0 saturated heterocycles. The van der Waals surface area contributed by atoms with E-state index < -0.39 is 0 Å². The third-order valence-corrected chi connectivity index (χ3v) is 1.96. The Balaban J connectivity index is 3.56. The number of hydrogen-bond donors (Lipinski definition) is 2. The maximum absolute atomic E-state index is 5.54. The number of nitrogens with one attached hydrogen (secondary N) is 1. The van der Waals surface area contributed by atoms with Crippen molar-refractivity contribution < 1.29 is 0 Å². The highest BCUT2D eigenvalue weighted by Gasteiger charge is 2.11. The molecule has 0 aliphatic heterocycles. The largest absolute Gasteiger partial charge is 0.330 e. The lowest BCUT2D eigenvalue weighted by molar-refractivity contribution is 0.380. The fourth-order valence-electron chi connectivity index (χ4n) is 1.17. The van der Waals surface area contributed by atoms with Gasteiger partial charge in [-0.05, 0) is 25.4 Å². The SMILES string of the molecule is CCN[C@@H](CC)C(C)CN. The molecule has 10 heavy (non-hydrogen) atoms. The molecule has 0 heterocycles. The van der Waals surface area contributed by atoms with Gasteiger partial charge in [0.2, 0.25) is 0 Å². The Labute approximate surface area is 64.2 Å². The number of hydrogen-bond acceptors (Lipinski definition) is 2. The van der Waals surface area contributed by atoms with Crippen LogP contribution in [-0.2, 0) is 0 Å². The van der Waals surface area contributed by atoms with Gasteiger partial charge in [-0.25, -0.2) is 0 Å². The van der Waals surface area contributed by atoms with E-state index in [4.69, 9.17) is 5.73 Å². The predicted octanol–water partition coefficient (Wildman–Crippen LogP) is 0.969. The minimum absolute atomic E-state index is 0.602. The fourth-order valence-corrected chi connectivity index (χ4v) is 1.17. The smallest absolute Gasteiger partial charge is 0.0102 e. The lowest BCUT2D eigenvalue weighted by Crippen LogP contribution is -2.37. The van der Waals surface area contributed by atoms with Crippen LogP contribution >= 0.6 is 0 Å². The summed E-state index contributed by atoms with van der Waals surface area (Å²) in [5.41, 5.74) is 5.54. The summed E-state index contributed by atoms with van der Waals surface area (Å²) < 4.78 is 0. The predicted molar refractivity (Wildman–Crippen MR) is 46.0 cm³/mol. The molecule has 0 aromatic heterocycles. The second-order valence-electron chi connectivity index (χ2n) is 2.79. The molecule has 0 spiro atoms. The van der Waals surface area contributed by atoms with Gasteiger partial charge in [-0.1, -0.05) is 20.8 Å². The van der Waals surface area contributed by atoms with Gasteiger partial charge >= 0.3 is 0 Å². The maximum atomic E-state index is 5.54. The van der Waals surface area contributed by atoms with Gasteiger partial charge in [-0.3, -0.25) is 0 Å². The highest BCUT2D eigenvalue weighted by atomic mass is 14.9. The zero-order valence-electron chi connectivity index (χ0n) is 7.35. The monoisotopic (exact) mass is 144 g/mol. The third-order valence-electron chi connectivity index (χ3n) is 1.96. The van der Waals surface area contributed by atoms with Gasteiger partial charge in [0.05, 0.1) is 0 Å². The van der Waals surface area contributed by atoms with E-state index in [9.17, 15) is 0 Å². The summed E-state index contributed by atoms with van der Waals surface area (Å²) in [5, 5.41) is 3.40. The van der Waals surface area contributed by atoms with Gasteiger partial charge in [-0.15, -0.1) is 0 Å². The van der Waals surface area contributed by atoms with E-state index in [1.807, 2.05) is 0 Å². The average Bonchev–Trinajstić information content (AvgIpc) is 1.99. The van der Waals surface area contributed by atoms with E-state index in [2.05, 4.69) is 26.1 Å². The van der Waals surface area contributed by atoms with Gasteiger partial charge in [-0.2, -0.15) is 0 Å². The van der Waals surface area contributed by atoms with Gasteiger partial charge in [0.15, 0.2) is 0 Å². The standard InChI is InChI=1S/C8H20N2/c1-4-8(10-5-2)7(3)6-9/h7-8,10H,4-6,9H2,1-3H3/t7?,8-/m0/s1. The van der Waals surface area contributed by atoms with Crippen LogP contribution < -0.4 is 11.1 Å². The van der Waals surface area contributed by atoms with E-state index in [1.54, 1.807) is 0 Å². The molecule has 0 rings (SSSR count). The Morgan fingerprint density at radius 2 is 2.00 bits per heavy atom. The molecule has 1 unspecified atom stereocenters. The summed E-state index contributed by atoms with van der Waals surface area (Å²) in [4.78, 5) is 0.